The van der Waals surface area contributed by atoms with Crippen LogP contribution in [0.25, 0.3) is 0 Å². The van der Waals surface area contributed by atoms with E-state index >= 15 is 0 Å². The minimum Gasteiger partial charge on any atom is -0.342 e. The standard InChI is InChI=1S/C28H21NS4/c1-5-13-21(14-6-1)30-25-26(31-22-15-7-2-8-16-22)28(33-24-19-11-4-12-20-24)29-27(25)32-23-17-9-3-10-18-23/h1-20,29H. The van der Waals surface area contributed by atoms with Crippen LogP contribution in [0.3, 0.4) is 0 Å². The molecule has 0 fully saturated rings. The van der Waals surface area contributed by atoms with Crippen LogP contribution in [0.5, 0.6) is 0 Å². The molecule has 162 valence electrons. The Kier molecular flexibility index (Phi) is 7.54. The molecule has 1 N–H and O–H groups in total. The molecule has 0 aliphatic rings. The Balaban J connectivity index is 1.60. The molecule has 0 radical (unpaired) electrons. The fraction of sp³-hybridized carbons (Fsp3) is 0. The van der Waals surface area contributed by atoms with Crippen LogP contribution in [0, 0.1) is 0 Å². The molecule has 1 aromatic heterocycles. The summed E-state index contributed by atoms with van der Waals surface area (Å²) in [5.74, 6) is 0. The Bertz CT molecular complexity index is 1190. The number of rotatable bonds is 8. The van der Waals surface area contributed by atoms with Gasteiger partial charge in [0, 0.05) is 19.6 Å². The lowest BCUT2D eigenvalue weighted by atomic mass is 10.4. The van der Waals surface area contributed by atoms with Crippen LogP contribution in [0.1, 0.15) is 0 Å². The van der Waals surface area contributed by atoms with Crippen molar-refractivity contribution in [2.75, 3.05) is 0 Å². The van der Waals surface area contributed by atoms with Gasteiger partial charge >= 0.3 is 0 Å². The highest BCUT2D eigenvalue weighted by Crippen LogP contribution is 2.50. The molecule has 0 amide bonds. The molecule has 0 unspecified atom stereocenters. The van der Waals surface area contributed by atoms with Gasteiger partial charge in [-0.25, -0.2) is 0 Å². The monoisotopic (exact) mass is 499 g/mol. The Hall–Kier alpha value is -2.44. The SMILES string of the molecule is c1ccc(Sc2[nH]c(Sc3ccccc3)c(Sc3ccccc3)c2Sc2ccccc2)cc1. The van der Waals surface area contributed by atoms with E-state index in [9.17, 15) is 0 Å². The molecule has 0 bridgehead atoms. The average Bonchev–Trinajstić information content (AvgIpc) is 3.17. The summed E-state index contributed by atoms with van der Waals surface area (Å²) in [6.07, 6.45) is 0. The van der Waals surface area contributed by atoms with Crippen molar-refractivity contribution in [3.8, 4) is 0 Å². The van der Waals surface area contributed by atoms with Gasteiger partial charge in [0.25, 0.3) is 0 Å². The van der Waals surface area contributed by atoms with Crippen molar-refractivity contribution in [1.29, 1.82) is 0 Å². The molecule has 0 aliphatic carbocycles. The van der Waals surface area contributed by atoms with E-state index in [2.05, 4.69) is 126 Å². The zero-order valence-electron chi connectivity index (χ0n) is 17.7. The van der Waals surface area contributed by atoms with Gasteiger partial charge in [0.05, 0.1) is 19.8 Å². The van der Waals surface area contributed by atoms with Gasteiger partial charge in [-0.05, 0) is 48.5 Å². The molecule has 0 spiro atoms. The van der Waals surface area contributed by atoms with Crippen molar-refractivity contribution in [1.82, 2.24) is 4.98 Å². The highest BCUT2D eigenvalue weighted by Gasteiger charge is 2.21. The number of aromatic nitrogens is 1. The predicted octanol–water partition coefficient (Wildman–Crippen LogP) is 9.62. The summed E-state index contributed by atoms with van der Waals surface area (Å²) >= 11 is 7.22. The minimum atomic E-state index is 1.17. The highest BCUT2D eigenvalue weighted by atomic mass is 32.2. The third-order valence-corrected chi connectivity index (χ3v) is 9.36. The molecule has 0 atom stereocenters. The molecule has 5 aromatic rings. The summed E-state index contributed by atoms with van der Waals surface area (Å²) in [6.45, 7) is 0. The predicted molar refractivity (Wildman–Crippen MR) is 143 cm³/mol. The summed E-state index contributed by atoms with van der Waals surface area (Å²) in [7, 11) is 0. The lowest BCUT2D eigenvalue weighted by Crippen LogP contribution is -1.80. The lowest BCUT2D eigenvalue weighted by molar-refractivity contribution is 1.04. The molecule has 4 aromatic carbocycles. The van der Waals surface area contributed by atoms with Gasteiger partial charge in [-0.1, -0.05) is 120 Å². The van der Waals surface area contributed by atoms with Gasteiger partial charge in [-0.3, -0.25) is 0 Å². The molecule has 5 rings (SSSR count). The van der Waals surface area contributed by atoms with Crippen LogP contribution in [0.2, 0.25) is 0 Å². The number of H-pyrrole nitrogens is 1. The van der Waals surface area contributed by atoms with E-state index in [0.29, 0.717) is 0 Å². The first kappa shape index (κ1) is 22.4. The van der Waals surface area contributed by atoms with Gasteiger partial charge in [0.2, 0.25) is 0 Å². The van der Waals surface area contributed by atoms with E-state index in [-0.39, 0.29) is 0 Å². The molecule has 1 heterocycles. The van der Waals surface area contributed by atoms with E-state index in [1.54, 1.807) is 23.5 Å². The van der Waals surface area contributed by atoms with Gasteiger partial charge in [0.15, 0.2) is 0 Å². The van der Waals surface area contributed by atoms with Gasteiger partial charge < -0.3 is 4.98 Å². The van der Waals surface area contributed by atoms with E-state index in [1.165, 1.54) is 39.4 Å². The van der Waals surface area contributed by atoms with Gasteiger partial charge in [0.1, 0.15) is 0 Å². The minimum absolute atomic E-state index is 1.17. The second kappa shape index (κ2) is 11.1. The van der Waals surface area contributed by atoms with Crippen molar-refractivity contribution in [3.63, 3.8) is 0 Å². The highest BCUT2D eigenvalue weighted by molar-refractivity contribution is 8.05. The second-order valence-corrected chi connectivity index (χ2v) is 11.4. The summed E-state index contributed by atoms with van der Waals surface area (Å²) in [5, 5.41) is 2.35. The summed E-state index contributed by atoms with van der Waals surface area (Å²) < 4.78 is 0. The van der Waals surface area contributed by atoms with Crippen LogP contribution in [-0.2, 0) is 0 Å². The number of nitrogens with one attached hydrogen (secondary N) is 1. The zero-order valence-corrected chi connectivity index (χ0v) is 20.9. The number of aromatic amines is 1. The Labute approximate surface area is 211 Å². The first-order valence-corrected chi connectivity index (χ1v) is 13.8. The Morgan fingerprint density at radius 2 is 0.606 bits per heavy atom. The number of benzene rings is 4. The maximum absolute atomic E-state index is 3.77. The molecule has 1 nitrogen and oxygen atoms in total. The van der Waals surface area contributed by atoms with Crippen molar-refractivity contribution < 1.29 is 0 Å². The van der Waals surface area contributed by atoms with Crippen LogP contribution >= 0.6 is 47.0 Å². The first-order valence-electron chi connectivity index (χ1n) is 10.5. The number of hydrogen-bond acceptors (Lipinski definition) is 4. The van der Waals surface area contributed by atoms with Crippen molar-refractivity contribution in [2.24, 2.45) is 0 Å². The molecule has 0 aliphatic heterocycles. The summed E-state index contributed by atoms with van der Waals surface area (Å²) in [4.78, 5) is 11.2. The first-order chi connectivity index (χ1) is 16.3. The van der Waals surface area contributed by atoms with Crippen LogP contribution in [0.4, 0.5) is 0 Å². The molecule has 0 saturated carbocycles. The fourth-order valence-corrected chi connectivity index (χ4v) is 7.61. The molecule has 33 heavy (non-hydrogen) atoms. The van der Waals surface area contributed by atoms with Crippen LogP contribution in [0.15, 0.2) is 161 Å². The van der Waals surface area contributed by atoms with Crippen molar-refractivity contribution in [3.05, 3.63) is 121 Å². The maximum atomic E-state index is 3.77. The van der Waals surface area contributed by atoms with E-state index in [4.69, 9.17) is 0 Å². The Morgan fingerprint density at radius 1 is 0.333 bits per heavy atom. The normalized spacial score (nSPS) is 10.9. The van der Waals surface area contributed by atoms with Gasteiger partial charge in [-0.2, -0.15) is 0 Å². The van der Waals surface area contributed by atoms with Crippen molar-refractivity contribution in [2.45, 2.75) is 39.4 Å². The molecule has 5 heteroatoms. The van der Waals surface area contributed by atoms with Gasteiger partial charge in [-0.15, -0.1) is 0 Å². The average molecular weight is 500 g/mol. The van der Waals surface area contributed by atoms with Crippen molar-refractivity contribution >= 4 is 47.0 Å². The quantitative estimate of drug-likeness (QED) is 0.228. The summed E-state index contributed by atoms with van der Waals surface area (Å²) in [6, 6.07) is 42.4. The molecular formula is C28H21NS4. The van der Waals surface area contributed by atoms with E-state index in [1.807, 2.05) is 23.5 Å². The number of hydrogen-bond donors (Lipinski definition) is 1. The third-order valence-electron chi connectivity index (χ3n) is 4.70. The maximum Gasteiger partial charge on any atom is 0.0932 e. The van der Waals surface area contributed by atoms with E-state index in [0.717, 1.165) is 0 Å². The largest absolute Gasteiger partial charge is 0.342 e. The topological polar surface area (TPSA) is 15.8 Å². The lowest BCUT2D eigenvalue weighted by Gasteiger charge is -2.09. The summed E-state index contributed by atoms with van der Waals surface area (Å²) in [5.41, 5.74) is 0. The van der Waals surface area contributed by atoms with Crippen LogP contribution < -0.4 is 0 Å². The van der Waals surface area contributed by atoms with Crippen LogP contribution in [-0.4, -0.2) is 4.98 Å². The smallest absolute Gasteiger partial charge is 0.0932 e. The molecule has 0 saturated heterocycles. The zero-order chi connectivity index (χ0) is 22.3. The fourth-order valence-electron chi connectivity index (χ4n) is 3.18. The third kappa shape index (κ3) is 5.92. The Morgan fingerprint density at radius 3 is 0.909 bits per heavy atom. The molecular weight excluding hydrogens is 479 g/mol. The van der Waals surface area contributed by atoms with E-state index < -0.39 is 0 Å². The second-order valence-electron chi connectivity index (χ2n) is 7.10.